The molecule has 2 aliphatic heterocycles. The minimum absolute atomic E-state index is 0.874. The van der Waals surface area contributed by atoms with Gasteiger partial charge >= 0.3 is 0 Å². The number of thioether (sulfide) groups is 1. The van der Waals surface area contributed by atoms with E-state index in [9.17, 15) is 0 Å². The van der Waals surface area contributed by atoms with E-state index in [1.807, 2.05) is 36.6 Å². The fourth-order valence-electron chi connectivity index (χ4n) is 1.65. The summed E-state index contributed by atoms with van der Waals surface area (Å²) in [6.07, 6.45) is 5.66. The molecular weight excluding hydrogens is 206 g/mol. The summed E-state index contributed by atoms with van der Waals surface area (Å²) in [4.78, 5) is 5.64. The molecule has 0 atom stereocenters. The van der Waals surface area contributed by atoms with Gasteiger partial charge in [0.1, 0.15) is 5.75 Å². The van der Waals surface area contributed by atoms with Gasteiger partial charge in [-0.05, 0) is 18.2 Å². The SMILES string of the molecule is C1=CC2=C(N=CCS2)c2ccccc2O1. The predicted molar refractivity (Wildman–Crippen MR) is 64.1 cm³/mol. The van der Waals surface area contributed by atoms with Gasteiger partial charge in [0.2, 0.25) is 0 Å². The van der Waals surface area contributed by atoms with Gasteiger partial charge in [0, 0.05) is 22.4 Å². The van der Waals surface area contributed by atoms with Gasteiger partial charge in [0.05, 0.1) is 12.0 Å². The van der Waals surface area contributed by atoms with Crippen LogP contribution in [0.15, 0.2) is 46.5 Å². The van der Waals surface area contributed by atoms with Crippen LogP contribution in [0.1, 0.15) is 5.56 Å². The molecule has 2 heterocycles. The second kappa shape index (κ2) is 3.59. The number of hydrogen-bond acceptors (Lipinski definition) is 3. The molecule has 0 saturated carbocycles. The highest BCUT2D eigenvalue weighted by molar-refractivity contribution is 8.04. The second-order valence-corrected chi connectivity index (χ2v) is 4.31. The Kier molecular flexibility index (Phi) is 2.10. The van der Waals surface area contributed by atoms with Crippen molar-refractivity contribution in [2.24, 2.45) is 4.99 Å². The molecule has 3 rings (SSSR count). The molecule has 0 spiro atoms. The largest absolute Gasteiger partial charge is 0.464 e. The van der Waals surface area contributed by atoms with Crippen molar-refractivity contribution < 1.29 is 4.74 Å². The van der Waals surface area contributed by atoms with E-state index in [1.165, 1.54) is 4.91 Å². The highest BCUT2D eigenvalue weighted by Gasteiger charge is 2.16. The Hall–Kier alpha value is -1.48. The van der Waals surface area contributed by atoms with Crippen LogP contribution in [-0.2, 0) is 0 Å². The number of allylic oxidation sites excluding steroid dienone is 1. The lowest BCUT2D eigenvalue weighted by atomic mass is 10.1. The van der Waals surface area contributed by atoms with Crippen LogP contribution >= 0.6 is 11.8 Å². The Labute approximate surface area is 92.4 Å². The van der Waals surface area contributed by atoms with Crippen LogP contribution in [0.3, 0.4) is 0 Å². The van der Waals surface area contributed by atoms with Gasteiger partial charge < -0.3 is 4.74 Å². The molecular formula is C12H9NOS. The van der Waals surface area contributed by atoms with Crippen LogP contribution in [0, 0.1) is 0 Å². The van der Waals surface area contributed by atoms with E-state index in [-0.39, 0.29) is 0 Å². The number of fused-ring (bicyclic) bond motifs is 2. The lowest BCUT2D eigenvalue weighted by Crippen LogP contribution is -1.94. The van der Waals surface area contributed by atoms with Crippen molar-refractivity contribution in [3.63, 3.8) is 0 Å². The summed E-state index contributed by atoms with van der Waals surface area (Å²) in [5, 5.41) is 0. The molecule has 0 aliphatic carbocycles. The van der Waals surface area contributed by atoms with E-state index >= 15 is 0 Å². The van der Waals surface area contributed by atoms with E-state index in [1.54, 1.807) is 18.0 Å². The third kappa shape index (κ3) is 1.49. The molecule has 0 fully saturated rings. The molecule has 0 N–H and O–H groups in total. The van der Waals surface area contributed by atoms with Gasteiger partial charge in [-0.1, -0.05) is 12.1 Å². The minimum Gasteiger partial charge on any atom is -0.464 e. The van der Waals surface area contributed by atoms with Crippen molar-refractivity contribution in [1.29, 1.82) is 0 Å². The third-order valence-electron chi connectivity index (χ3n) is 2.32. The van der Waals surface area contributed by atoms with Crippen molar-refractivity contribution >= 4 is 23.7 Å². The standard InChI is InChI=1S/C12H9NOS/c1-2-4-10-9(3-1)12-11(5-7-14-10)15-8-6-13-12/h1-7H,8H2. The third-order valence-corrected chi connectivity index (χ3v) is 3.28. The average Bonchev–Trinajstić information content (AvgIpc) is 2.48. The van der Waals surface area contributed by atoms with Crippen molar-refractivity contribution in [2.45, 2.75) is 0 Å². The highest BCUT2D eigenvalue weighted by Crippen LogP contribution is 2.37. The average molecular weight is 215 g/mol. The summed E-state index contributed by atoms with van der Waals surface area (Å²) in [5.74, 6) is 1.81. The fraction of sp³-hybridized carbons (Fsp3) is 0.0833. The van der Waals surface area contributed by atoms with E-state index < -0.39 is 0 Å². The van der Waals surface area contributed by atoms with E-state index in [0.717, 1.165) is 22.8 Å². The van der Waals surface area contributed by atoms with Crippen LogP contribution in [-0.4, -0.2) is 12.0 Å². The smallest absolute Gasteiger partial charge is 0.135 e. The number of ether oxygens (including phenoxy) is 1. The maximum atomic E-state index is 5.53. The molecule has 15 heavy (non-hydrogen) atoms. The van der Waals surface area contributed by atoms with Gasteiger partial charge in [0.15, 0.2) is 0 Å². The Balaban J connectivity index is 2.23. The Bertz CT molecular complexity index is 488. The van der Waals surface area contributed by atoms with Crippen LogP contribution in [0.25, 0.3) is 5.70 Å². The van der Waals surface area contributed by atoms with Crippen LogP contribution < -0.4 is 4.74 Å². The summed E-state index contributed by atoms with van der Waals surface area (Å²) in [6, 6.07) is 7.98. The molecule has 0 aromatic heterocycles. The number of nitrogens with zero attached hydrogens (tertiary/aromatic N) is 1. The van der Waals surface area contributed by atoms with Gasteiger partial charge in [-0.2, -0.15) is 0 Å². The molecule has 2 aliphatic rings. The molecule has 0 bridgehead atoms. The highest BCUT2D eigenvalue weighted by atomic mass is 32.2. The molecule has 74 valence electrons. The first-order valence-corrected chi connectivity index (χ1v) is 5.76. The quantitative estimate of drug-likeness (QED) is 0.663. The summed E-state index contributed by atoms with van der Waals surface area (Å²) in [5.41, 5.74) is 2.09. The first-order chi connectivity index (χ1) is 7.45. The lowest BCUT2D eigenvalue weighted by molar-refractivity contribution is 0.481. The molecule has 0 saturated heterocycles. The molecule has 3 heteroatoms. The van der Waals surface area contributed by atoms with E-state index in [0.29, 0.717) is 0 Å². The Morgan fingerprint density at radius 2 is 2.20 bits per heavy atom. The first-order valence-electron chi connectivity index (χ1n) is 4.77. The first kappa shape index (κ1) is 8.80. The van der Waals surface area contributed by atoms with Crippen molar-refractivity contribution in [2.75, 3.05) is 5.75 Å². The summed E-state index contributed by atoms with van der Waals surface area (Å²) >= 11 is 1.79. The normalized spacial score (nSPS) is 17.9. The minimum atomic E-state index is 0.874. The zero-order chi connectivity index (χ0) is 10.1. The molecule has 0 unspecified atom stereocenters. The maximum absolute atomic E-state index is 5.53. The summed E-state index contributed by atoms with van der Waals surface area (Å²) in [7, 11) is 0. The van der Waals surface area contributed by atoms with Crippen LogP contribution in [0.5, 0.6) is 5.75 Å². The maximum Gasteiger partial charge on any atom is 0.135 e. The zero-order valence-electron chi connectivity index (χ0n) is 8.01. The molecule has 1 aromatic rings. The lowest BCUT2D eigenvalue weighted by Gasteiger charge is -2.11. The molecule has 2 nitrogen and oxygen atoms in total. The van der Waals surface area contributed by atoms with Crippen molar-refractivity contribution in [3.8, 4) is 5.75 Å². The van der Waals surface area contributed by atoms with E-state index in [4.69, 9.17) is 4.74 Å². The molecule has 1 aromatic carbocycles. The van der Waals surface area contributed by atoms with Gasteiger partial charge in [0.25, 0.3) is 0 Å². The Morgan fingerprint density at radius 1 is 1.27 bits per heavy atom. The summed E-state index contributed by atoms with van der Waals surface area (Å²) < 4.78 is 5.53. The number of benzene rings is 1. The van der Waals surface area contributed by atoms with Crippen LogP contribution in [0.2, 0.25) is 0 Å². The second-order valence-electron chi connectivity index (χ2n) is 3.25. The van der Waals surface area contributed by atoms with Gasteiger partial charge in [-0.15, -0.1) is 11.8 Å². The van der Waals surface area contributed by atoms with Crippen molar-refractivity contribution in [1.82, 2.24) is 0 Å². The molecule has 0 radical (unpaired) electrons. The van der Waals surface area contributed by atoms with E-state index in [2.05, 4.69) is 4.99 Å². The van der Waals surface area contributed by atoms with Crippen LogP contribution in [0.4, 0.5) is 0 Å². The molecule has 0 amide bonds. The van der Waals surface area contributed by atoms with Gasteiger partial charge in [-0.3, -0.25) is 4.99 Å². The fourth-order valence-corrected chi connectivity index (χ4v) is 2.43. The number of para-hydroxylation sites is 1. The Morgan fingerprint density at radius 3 is 3.20 bits per heavy atom. The predicted octanol–water partition coefficient (Wildman–Crippen LogP) is 3.08. The number of hydrogen-bond donors (Lipinski definition) is 0. The van der Waals surface area contributed by atoms with Gasteiger partial charge in [-0.25, -0.2) is 0 Å². The zero-order valence-corrected chi connectivity index (χ0v) is 8.83. The monoisotopic (exact) mass is 215 g/mol. The number of aliphatic imine (C=N–C) groups is 1. The topological polar surface area (TPSA) is 21.6 Å². The summed E-state index contributed by atoms with van der Waals surface area (Å²) in [6.45, 7) is 0. The van der Waals surface area contributed by atoms with Crippen molar-refractivity contribution in [3.05, 3.63) is 47.1 Å². The number of rotatable bonds is 0.